The normalized spacial score (nSPS) is 21.1. The molecule has 0 radical (unpaired) electrons. The third-order valence-corrected chi connectivity index (χ3v) is 2.86. The fourth-order valence-electron chi connectivity index (χ4n) is 1.99. The Morgan fingerprint density at radius 2 is 2.41 bits per heavy atom. The number of hydrogen-bond acceptors (Lipinski definition) is 3. The second-order valence-electron chi connectivity index (χ2n) is 4.44. The minimum absolute atomic E-state index is 0.0568. The van der Waals surface area contributed by atoms with Crippen molar-refractivity contribution >= 4 is 11.8 Å². The van der Waals surface area contributed by atoms with Crippen LogP contribution in [0.1, 0.15) is 20.3 Å². The van der Waals surface area contributed by atoms with Crippen LogP contribution in [0.15, 0.2) is 12.7 Å². The molecule has 1 aliphatic rings. The fraction of sp³-hybridized carbons (Fsp3) is 0.667. The van der Waals surface area contributed by atoms with E-state index in [-0.39, 0.29) is 30.3 Å². The number of carbonyl (C=O) groups excluding carboxylic acids is 2. The van der Waals surface area contributed by atoms with Crippen molar-refractivity contribution in [2.75, 3.05) is 19.6 Å². The topological polar surface area (TPSA) is 61.4 Å². The van der Waals surface area contributed by atoms with Crippen molar-refractivity contribution in [3.63, 3.8) is 0 Å². The van der Waals surface area contributed by atoms with Crippen LogP contribution in [0.3, 0.4) is 0 Å². The van der Waals surface area contributed by atoms with E-state index >= 15 is 0 Å². The fourth-order valence-corrected chi connectivity index (χ4v) is 1.99. The van der Waals surface area contributed by atoms with E-state index in [1.54, 1.807) is 6.08 Å². The van der Waals surface area contributed by atoms with Gasteiger partial charge >= 0.3 is 0 Å². The third kappa shape index (κ3) is 3.85. The van der Waals surface area contributed by atoms with E-state index in [0.717, 1.165) is 6.54 Å². The summed E-state index contributed by atoms with van der Waals surface area (Å²) in [5.41, 5.74) is 0. The zero-order valence-corrected chi connectivity index (χ0v) is 10.5. The second-order valence-corrected chi connectivity index (χ2v) is 4.44. The Balaban J connectivity index is 2.59. The number of carbonyl (C=O) groups is 2. The Morgan fingerprint density at radius 3 is 3.00 bits per heavy atom. The molecule has 0 spiro atoms. The van der Waals surface area contributed by atoms with Gasteiger partial charge in [0.2, 0.25) is 11.8 Å². The number of piperazine rings is 1. The molecule has 96 valence electrons. The van der Waals surface area contributed by atoms with Gasteiger partial charge in [0, 0.05) is 25.7 Å². The molecule has 5 nitrogen and oxygen atoms in total. The first-order chi connectivity index (χ1) is 8.06. The molecule has 2 amide bonds. The van der Waals surface area contributed by atoms with Gasteiger partial charge in [-0.25, -0.2) is 0 Å². The molecule has 0 bridgehead atoms. The molecule has 1 aliphatic heterocycles. The first-order valence-electron chi connectivity index (χ1n) is 5.97. The first kappa shape index (κ1) is 13.7. The molecule has 0 unspecified atom stereocenters. The highest BCUT2D eigenvalue weighted by Crippen LogP contribution is 2.12. The lowest BCUT2D eigenvalue weighted by Gasteiger charge is -2.37. The SMILES string of the molecule is C=CCNC(=O)C[C@H]1C(=O)NCCN1C(C)C. The lowest BCUT2D eigenvalue weighted by molar-refractivity contribution is -0.134. The molecule has 0 aromatic carbocycles. The second kappa shape index (κ2) is 6.39. The Labute approximate surface area is 102 Å². The molecule has 5 heteroatoms. The number of nitrogens with one attached hydrogen (secondary N) is 2. The van der Waals surface area contributed by atoms with Crippen LogP contribution in [0.25, 0.3) is 0 Å². The van der Waals surface area contributed by atoms with Crippen molar-refractivity contribution in [2.45, 2.75) is 32.4 Å². The van der Waals surface area contributed by atoms with E-state index in [1.165, 1.54) is 0 Å². The molecule has 1 atom stereocenters. The van der Waals surface area contributed by atoms with Gasteiger partial charge in [-0.05, 0) is 13.8 Å². The Morgan fingerprint density at radius 1 is 1.71 bits per heavy atom. The van der Waals surface area contributed by atoms with Crippen LogP contribution in [0.5, 0.6) is 0 Å². The van der Waals surface area contributed by atoms with E-state index in [2.05, 4.69) is 22.1 Å². The van der Waals surface area contributed by atoms with Crippen molar-refractivity contribution < 1.29 is 9.59 Å². The monoisotopic (exact) mass is 239 g/mol. The van der Waals surface area contributed by atoms with Gasteiger partial charge in [0.25, 0.3) is 0 Å². The van der Waals surface area contributed by atoms with Gasteiger partial charge in [-0.15, -0.1) is 6.58 Å². The highest BCUT2D eigenvalue weighted by atomic mass is 16.2. The number of hydrogen-bond donors (Lipinski definition) is 2. The van der Waals surface area contributed by atoms with E-state index in [0.29, 0.717) is 13.1 Å². The molecule has 0 aliphatic carbocycles. The Kier molecular flexibility index (Phi) is 5.15. The summed E-state index contributed by atoms with van der Waals surface area (Å²) in [5, 5.41) is 5.49. The summed E-state index contributed by atoms with van der Waals surface area (Å²) in [6, 6.07) is -0.0909. The van der Waals surface area contributed by atoms with Crippen LogP contribution in [-0.4, -0.2) is 48.4 Å². The van der Waals surface area contributed by atoms with Gasteiger partial charge in [-0.2, -0.15) is 0 Å². The Bertz CT molecular complexity index is 302. The van der Waals surface area contributed by atoms with Gasteiger partial charge in [-0.1, -0.05) is 6.08 Å². The molecule has 1 fully saturated rings. The van der Waals surface area contributed by atoms with Gasteiger partial charge < -0.3 is 10.6 Å². The first-order valence-corrected chi connectivity index (χ1v) is 5.97. The number of rotatable bonds is 5. The van der Waals surface area contributed by atoms with Gasteiger partial charge in [-0.3, -0.25) is 14.5 Å². The molecule has 0 aromatic rings. The standard InChI is InChI=1S/C12H21N3O2/c1-4-5-13-11(16)8-10-12(17)14-6-7-15(10)9(2)3/h4,9-10H,1,5-8H2,2-3H3,(H,13,16)(H,14,17)/t10-/m0/s1. The van der Waals surface area contributed by atoms with Crippen molar-refractivity contribution in [2.24, 2.45) is 0 Å². The average molecular weight is 239 g/mol. The van der Waals surface area contributed by atoms with Crippen LogP contribution in [-0.2, 0) is 9.59 Å². The lowest BCUT2D eigenvalue weighted by Crippen LogP contribution is -2.58. The zero-order valence-electron chi connectivity index (χ0n) is 10.5. The van der Waals surface area contributed by atoms with Crippen LogP contribution in [0.2, 0.25) is 0 Å². The van der Waals surface area contributed by atoms with Crippen LogP contribution in [0.4, 0.5) is 0 Å². The smallest absolute Gasteiger partial charge is 0.237 e. The molecule has 1 heterocycles. The minimum Gasteiger partial charge on any atom is -0.353 e. The molecule has 0 saturated carbocycles. The summed E-state index contributed by atoms with van der Waals surface area (Å²) >= 11 is 0. The maximum Gasteiger partial charge on any atom is 0.237 e. The van der Waals surface area contributed by atoms with Gasteiger partial charge in [0.1, 0.15) is 0 Å². The van der Waals surface area contributed by atoms with Crippen molar-refractivity contribution in [1.29, 1.82) is 0 Å². The quantitative estimate of drug-likeness (QED) is 0.658. The van der Waals surface area contributed by atoms with E-state index in [9.17, 15) is 9.59 Å². The molecule has 2 N–H and O–H groups in total. The van der Waals surface area contributed by atoms with Crippen LogP contribution >= 0.6 is 0 Å². The van der Waals surface area contributed by atoms with Gasteiger partial charge in [0.15, 0.2) is 0 Å². The molecular formula is C12H21N3O2. The van der Waals surface area contributed by atoms with Crippen LogP contribution < -0.4 is 10.6 Å². The molecular weight excluding hydrogens is 218 g/mol. The summed E-state index contributed by atoms with van der Waals surface area (Å²) in [6.45, 7) is 9.49. The third-order valence-electron chi connectivity index (χ3n) is 2.86. The van der Waals surface area contributed by atoms with E-state index in [1.807, 2.05) is 13.8 Å². The summed E-state index contributed by atoms with van der Waals surface area (Å²) in [6.07, 6.45) is 1.83. The van der Waals surface area contributed by atoms with Gasteiger partial charge in [0.05, 0.1) is 12.5 Å². The summed E-state index contributed by atoms with van der Waals surface area (Å²) in [4.78, 5) is 25.4. The predicted octanol–water partition coefficient (Wildman–Crippen LogP) is -0.112. The maximum atomic E-state index is 11.8. The summed E-state index contributed by atoms with van der Waals surface area (Å²) in [7, 11) is 0. The molecule has 1 saturated heterocycles. The van der Waals surface area contributed by atoms with E-state index < -0.39 is 0 Å². The minimum atomic E-state index is -0.353. The van der Waals surface area contributed by atoms with Crippen molar-refractivity contribution in [3.05, 3.63) is 12.7 Å². The zero-order chi connectivity index (χ0) is 12.8. The van der Waals surface area contributed by atoms with Crippen molar-refractivity contribution in [1.82, 2.24) is 15.5 Å². The number of nitrogens with zero attached hydrogens (tertiary/aromatic N) is 1. The summed E-state index contributed by atoms with van der Waals surface area (Å²) in [5.74, 6) is -0.170. The van der Waals surface area contributed by atoms with Crippen LogP contribution in [0, 0.1) is 0 Å². The predicted molar refractivity (Wildman–Crippen MR) is 66.5 cm³/mol. The average Bonchev–Trinajstić information content (AvgIpc) is 2.28. The highest BCUT2D eigenvalue weighted by molar-refractivity contribution is 5.88. The number of amides is 2. The molecule has 1 rings (SSSR count). The molecule has 0 aromatic heterocycles. The highest BCUT2D eigenvalue weighted by Gasteiger charge is 2.32. The molecule has 17 heavy (non-hydrogen) atoms. The lowest BCUT2D eigenvalue weighted by atomic mass is 10.1. The Hall–Kier alpha value is -1.36. The van der Waals surface area contributed by atoms with E-state index in [4.69, 9.17) is 0 Å². The maximum absolute atomic E-state index is 11.8. The summed E-state index contributed by atoms with van der Waals surface area (Å²) < 4.78 is 0. The van der Waals surface area contributed by atoms with Crippen molar-refractivity contribution in [3.8, 4) is 0 Å². The largest absolute Gasteiger partial charge is 0.353 e.